The molecule has 0 unspecified atom stereocenters. The number of hydrogen-bond acceptors (Lipinski definition) is 6. The number of fused-ring (bicyclic) bond motifs is 1. The standard InChI is InChI=1S/C19H16N6OS/c26-19(21-9-10-27-18-12-22-25-24-18)15-11-17(13-5-7-20-8-6-13)23-16-4-2-1-3-14(15)16/h1-8,11-12H,9-10H2,(H,21,26)(H,22,24,25). The zero-order chi connectivity index (χ0) is 18.5. The summed E-state index contributed by atoms with van der Waals surface area (Å²) in [7, 11) is 0. The molecule has 8 heteroatoms. The largest absolute Gasteiger partial charge is 0.351 e. The van der Waals surface area contributed by atoms with Crippen molar-refractivity contribution in [2.45, 2.75) is 5.03 Å². The van der Waals surface area contributed by atoms with Gasteiger partial charge in [-0.05, 0) is 24.3 Å². The normalized spacial score (nSPS) is 10.8. The summed E-state index contributed by atoms with van der Waals surface area (Å²) in [5.41, 5.74) is 3.07. The van der Waals surface area contributed by atoms with Gasteiger partial charge >= 0.3 is 0 Å². The number of para-hydroxylation sites is 1. The molecule has 0 fully saturated rings. The van der Waals surface area contributed by atoms with E-state index in [1.54, 1.807) is 18.6 Å². The van der Waals surface area contributed by atoms with E-state index in [2.05, 4.69) is 30.7 Å². The summed E-state index contributed by atoms with van der Waals surface area (Å²) in [6, 6.07) is 13.3. The van der Waals surface area contributed by atoms with E-state index >= 15 is 0 Å². The number of rotatable bonds is 6. The van der Waals surface area contributed by atoms with Crippen LogP contribution >= 0.6 is 11.8 Å². The molecule has 0 saturated heterocycles. The van der Waals surface area contributed by atoms with E-state index in [0.717, 1.165) is 27.2 Å². The van der Waals surface area contributed by atoms with Gasteiger partial charge in [0.25, 0.3) is 5.91 Å². The lowest BCUT2D eigenvalue weighted by atomic mass is 10.0. The Morgan fingerprint density at radius 3 is 2.81 bits per heavy atom. The van der Waals surface area contributed by atoms with Gasteiger partial charge in [-0.3, -0.25) is 9.78 Å². The van der Waals surface area contributed by atoms with Crippen molar-refractivity contribution >= 4 is 28.6 Å². The Balaban J connectivity index is 1.56. The van der Waals surface area contributed by atoms with Crippen molar-refractivity contribution in [3.8, 4) is 11.3 Å². The molecule has 0 radical (unpaired) electrons. The van der Waals surface area contributed by atoms with E-state index in [1.807, 2.05) is 42.5 Å². The van der Waals surface area contributed by atoms with E-state index in [-0.39, 0.29) is 5.91 Å². The molecule has 4 aromatic rings. The van der Waals surface area contributed by atoms with Gasteiger partial charge in [-0.2, -0.15) is 10.3 Å². The molecule has 3 aromatic heterocycles. The molecule has 0 atom stereocenters. The van der Waals surface area contributed by atoms with E-state index in [1.165, 1.54) is 11.8 Å². The van der Waals surface area contributed by atoms with Crippen LogP contribution in [0.3, 0.4) is 0 Å². The fourth-order valence-electron chi connectivity index (χ4n) is 2.71. The fraction of sp³-hybridized carbons (Fsp3) is 0.105. The van der Waals surface area contributed by atoms with Gasteiger partial charge in [0.2, 0.25) is 0 Å². The molecule has 27 heavy (non-hydrogen) atoms. The van der Waals surface area contributed by atoms with Crippen molar-refractivity contribution < 1.29 is 4.79 Å². The zero-order valence-corrected chi connectivity index (χ0v) is 15.1. The van der Waals surface area contributed by atoms with Crippen LogP contribution in [0, 0.1) is 0 Å². The SMILES string of the molecule is O=C(NCCSc1cn[nH]n1)c1cc(-c2ccncc2)nc2ccccc12. The first-order valence-corrected chi connectivity index (χ1v) is 9.37. The Kier molecular flexibility index (Phi) is 5.06. The number of aromatic amines is 1. The third-order valence-corrected chi connectivity index (χ3v) is 4.87. The smallest absolute Gasteiger partial charge is 0.252 e. The molecule has 4 rings (SSSR count). The van der Waals surface area contributed by atoms with Gasteiger partial charge in [0.05, 0.1) is 23.0 Å². The fourth-order valence-corrected chi connectivity index (χ4v) is 3.36. The average molecular weight is 376 g/mol. The van der Waals surface area contributed by atoms with Gasteiger partial charge in [0.15, 0.2) is 0 Å². The summed E-state index contributed by atoms with van der Waals surface area (Å²) >= 11 is 1.53. The van der Waals surface area contributed by atoms with Crippen LogP contribution < -0.4 is 5.32 Å². The number of carbonyl (C=O) groups excluding carboxylic acids is 1. The minimum atomic E-state index is -0.121. The van der Waals surface area contributed by atoms with Gasteiger partial charge in [-0.1, -0.05) is 18.2 Å². The van der Waals surface area contributed by atoms with Crippen molar-refractivity contribution in [2.75, 3.05) is 12.3 Å². The molecule has 0 aliphatic rings. The number of benzene rings is 1. The van der Waals surface area contributed by atoms with Gasteiger partial charge in [0, 0.05) is 35.6 Å². The summed E-state index contributed by atoms with van der Waals surface area (Å²) in [5.74, 6) is 0.586. The summed E-state index contributed by atoms with van der Waals surface area (Å²) < 4.78 is 0. The molecule has 1 amide bonds. The number of hydrogen-bond donors (Lipinski definition) is 2. The Hall–Kier alpha value is -3.26. The van der Waals surface area contributed by atoms with Gasteiger partial charge in [-0.15, -0.1) is 16.9 Å². The first-order chi connectivity index (χ1) is 13.3. The number of H-pyrrole nitrogens is 1. The highest BCUT2D eigenvalue weighted by Gasteiger charge is 2.13. The predicted octanol–water partition coefficient (Wildman–Crippen LogP) is 2.94. The van der Waals surface area contributed by atoms with Crippen molar-refractivity contribution in [3.05, 3.63) is 66.6 Å². The van der Waals surface area contributed by atoms with Crippen LogP contribution in [0.15, 0.2) is 66.1 Å². The van der Waals surface area contributed by atoms with E-state index in [4.69, 9.17) is 0 Å². The monoisotopic (exact) mass is 376 g/mol. The second kappa shape index (κ2) is 7.96. The minimum absolute atomic E-state index is 0.121. The van der Waals surface area contributed by atoms with Crippen LogP contribution in [0.4, 0.5) is 0 Å². The van der Waals surface area contributed by atoms with Crippen LogP contribution in [0.5, 0.6) is 0 Å². The van der Waals surface area contributed by atoms with E-state index in [9.17, 15) is 4.79 Å². The third-order valence-electron chi connectivity index (χ3n) is 3.97. The molecule has 0 aliphatic heterocycles. The Morgan fingerprint density at radius 2 is 2.00 bits per heavy atom. The second-order valence-corrected chi connectivity index (χ2v) is 6.84. The van der Waals surface area contributed by atoms with Crippen molar-refractivity contribution in [3.63, 3.8) is 0 Å². The number of nitrogens with one attached hydrogen (secondary N) is 2. The second-order valence-electron chi connectivity index (χ2n) is 5.72. The highest BCUT2D eigenvalue weighted by molar-refractivity contribution is 7.99. The Bertz CT molecular complexity index is 1050. The zero-order valence-electron chi connectivity index (χ0n) is 14.3. The minimum Gasteiger partial charge on any atom is -0.351 e. The molecule has 0 bridgehead atoms. The van der Waals surface area contributed by atoms with Crippen LogP contribution in [-0.4, -0.2) is 43.6 Å². The lowest BCUT2D eigenvalue weighted by molar-refractivity contribution is 0.0958. The maximum atomic E-state index is 12.8. The molecule has 0 spiro atoms. The summed E-state index contributed by atoms with van der Waals surface area (Å²) in [5, 5.41) is 14.9. The van der Waals surface area contributed by atoms with Crippen LogP contribution in [0.2, 0.25) is 0 Å². The molecule has 0 aliphatic carbocycles. The van der Waals surface area contributed by atoms with Gasteiger partial charge < -0.3 is 5.32 Å². The number of amides is 1. The Morgan fingerprint density at radius 1 is 1.15 bits per heavy atom. The Labute approximate surface area is 159 Å². The lowest BCUT2D eigenvalue weighted by Crippen LogP contribution is -2.26. The third kappa shape index (κ3) is 3.95. The first kappa shape index (κ1) is 17.2. The van der Waals surface area contributed by atoms with E-state index in [0.29, 0.717) is 17.9 Å². The quantitative estimate of drug-likeness (QED) is 0.397. The number of carbonyl (C=O) groups is 1. The van der Waals surface area contributed by atoms with Crippen LogP contribution in [-0.2, 0) is 0 Å². The van der Waals surface area contributed by atoms with Crippen molar-refractivity contribution in [1.29, 1.82) is 0 Å². The number of pyridine rings is 2. The first-order valence-electron chi connectivity index (χ1n) is 8.38. The van der Waals surface area contributed by atoms with E-state index < -0.39 is 0 Å². The molecule has 134 valence electrons. The van der Waals surface area contributed by atoms with Crippen molar-refractivity contribution in [1.82, 2.24) is 30.7 Å². The number of aromatic nitrogens is 5. The molecular weight excluding hydrogens is 360 g/mol. The van der Waals surface area contributed by atoms with Crippen LogP contribution in [0.1, 0.15) is 10.4 Å². The lowest BCUT2D eigenvalue weighted by Gasteiger charge is -2.10. The summed E-state index contributed by atoms with van der Waals surface area (Å²) in [6.07, 6.45) is 5.09. The maximum absolute atomic E-state index is 12.8. The topological polar surface area (TPSA) is 96.5 Å². The molecule has 2 N–H and O–H groups in total. The molecule has 1 aromatic carbocycles. The molecule has 0 saturated carbocycles. The summed E-state index contributed by atoms with van der Waals surface area (Å²) in [4.78, 5) is 21.5. The van der Waals surface area contributed by atoms with Crippen LogP contribution in [0.25, 0.3) is 22.2 Å². The number of thioether (sulfide) groups is 1. The number of nitrogens with zero attached hydrogens (tertiary/aromatic N) is 4. The van der Waals surface area contributed by atoms with Crippen molar-refractivity contribution in [2.24, 2.45) is 0 Å². The highest BCUT2D eigenvalue weighted by atomic mass is 32.2. The average Bonchev–Trinajstić information content (AvgIpc) is 3.24. The maximum Gasteiger partial charge on any atom is 0.252 e. The molecule has 7 nitrogen and oxygen atoms in total. The summed E-state index contributed by atoms with van der Waals surface area (Å²) in [6.45, 7) is 0.525. The van der Waals surface area contributed by atoms with Gasteiger partial charge in [-0.25, -0.2) is 4.98 Å². The predicted molar refractivity (Wildman–Crippen MR) is 104 cm³/mol. The highest BCUT2D eigenvalue weighted by Crippen LogP contribution is 2.24. The molecular formula is C19H16N6OS. The van der Waals surface area contributed by atoms with Gasteiger partial charge in [0.1, 0.15) is 5.03 Å². The molecule has 3 heterocycles.